The SMILES string of the molecule is C[C@H]1C[C@@H](C(=O)N(C)CCCc2ccccc2)CCN1. The maximum absolute atomic E-state index is 12.4. The highest BCUT2D eigenvalue weighted by Crippen LogP contribution is 2.18. The molecule has 3 heteroatoms. The van der Waals surface area contributed by atoms with Crippen LogP contribution in [0.3, 0.4) is 0 Å². The first kappa shape index (κ1) is 15.0. The molecule has 1 aliphatic rings. The van der Waals surface area contributed by atoms with Crippen molar-refractivity contribution in [1.29, 1.82) is 0 Å². The molecule has 1 saturated heterocycles. The van der Waals surface area contributed by atoms with Crippen molar-refractivity contribution in [3.05, 3.63) is 35.9 Å². The molecule has 1 aromatic rings. The molecule has 0 radical (unpaired) electrons. The molecule has 0 spiro atoms. The lowest BCUT2D eigenvalue weighted by Gasteiger charge is -2.30. The lowest BCUT2D eigenvalue weighted by molar-refractivity contribution is -0.135. The quantitative estimate of drug-likeness (QED) is 0.894. The standard InChI is InChI=1S/C17H26N2O/c1-14-13-16(10-11-18-14)17(20)19(2)12-6-9-15-7-4-3-5-8-15/h3-5,7-8,14,16,18H,6,9-13H2,1-2H3/t14-,16-/m0/s1. The van der Waals surface area contributed by atoms with Crippen molar-refractivity contribution >= 4 is 5.91 Å². The number of carbonyl (C=O) groups is 1. The minimum Gasteiger partial charge on any atom is -0.346 e. The van der Waals surface area contributed by atoms with Gasteiger partial charge in [-0.15, -0.1) is 0 Å². The van der Waals surface area contributed by atoms with Crippen molar-refractivity contribution in [3.63, 3.8) is 0 Å². The van der Waals surface area contributed by atoms with Gasteiger partial charge in [0.15, 0.2) is 0 Å². The third-order valence-electron chi connectivity index (χ3n) is 4.15. The van der Waals surface area contributed by atoms with Crippen LogP contribution in [0.2, 0.25) is 0 Å². The number of nitrogens with zero attached hydrogens (tertiary/aromatic N) is 1. The maximum atomic E-state index is 12.4. The highest BCUT2D eigenvalue weighted by Gasteiger charge is 2.26. The van der Waals surface area contributed by atoms with E-state index in [1.807, 2.05) is 18.0 Å². The molecule has 0 unspecified atom stereocenters. The minimum atomic E-state index is 0.216. The second kappa shape index (κ2) is 7.44. The van der Waals surface area contributed by atoms with Crippen LogP contribution in [0.4, 0.5) is 0 Å². The fourth-order valence-electron chi connectivity index (χ4n) is 2.94. The Hall–Kier alpha value is -1.35. The number of hydrogen-bond acceptors (Lipinski definition) is 2. The Morgan fingerprint density at radius 2 is 2.10 bits per heavy atom. The number of benzene rings is 1. The van der Waals surface area contributed by atoms with Crippen LogP contribution in [0.1, 0.15) is 31.7 Å². The Morgan fingerprint density at radius 1 is 1.35 bits per heavy atom. The van der Waals surface area contributed by atoms with Crippen LogP contribution < -0.4 is 5.32 Å². The molecule has 1 heterocycles. The van der Waals surface area contributed by atoms with Crippen molar-refractivity contribution in [1.82, 2.24) is 10.2 Å². The van der Waals surface area contributed by atoms with E-state index in [0.717, 1.165) is 38.8 Å². The van der Waals surface area contributed by atoms with E-state index in [4.69, 9.17) is 0 Å². The molecular weight excluding hydrogens is 248 g/mol. The van der Waals surface area contributed by atoms with E-state index in [-0.39, 0.29) is 5.92 Å². The highest BCUT2D eigenvalue weighted by atomic mass is 16.2. The largest absolute Gasteiger partial charge is 0.346 e. The van der Waals surface area contributed by atoms with E-state index in [0.29, 0.717) is 11.9 Å². The molecule has 20 heavy (non-hydrogen) atoms. The summed E-state index contributed by atoms with van der Waals surface area (Å²) in [7, 11) is 1.94. The van der Waals surface area contributed by atoms with E-state index in [2.05, 4.69) is 36.5 Å². The molecule has 1 fully saturated rings. The Labute approximate surface area is 122 Å². The van der Waals surface area contributed by atoms with Crippen molar-refractivity contribution < 1.29 is 4.79 Å². The molecule has 0 aromatic heterocycles. The van der Waals surface area contributed by atoms with E-state index in [1.165, 1.54) is 5.56 Å². The number of piperidine rings is 1. The lowest BCUT2D eigenvalue weighted by Crippen LogP contribution is -2.43. The van der Waals surface area contributed by atoms with Gasteiger partial charge >= 0.3 is 0 Å². The zero-order chi connectivity index (χ0) is 14.4. The van der Waals surface area contributed by atoms with Gasteiger partial charge in [-0.2, -0.15) is 0 Å². The van der Waals surface area contributed by atoms with Gasteiger partial charge in [0.1, 0.15) is 0 Å². The number of rotatable bonds is 5. The summed E-state index contributed by atoms with van der Waals surface area (Å²) in [5.41, 5.74) is 1.35. The summed E-state index contributed by atoms with van der Waals surface area (Å²) >= 11 is 0. The second-order valence-electron chi connectivity index (χ2n) is 5.93. The number of carbonyl (C=O) groups excluding carboxylic acids is 1. The lowest BCUT2D eigenvalue weighted by atomic mass is 9.92. The molecule has 0 aliphatic carbocycles. The Bertz CT molecular complexity index is 418. The molecule has 3 nitrogen and oxygen atoms in total. The maximum Gasteiger partial charge on any atom is 0.225 e. The summed E-state index contributed by atoms with van der Waals surface area (Å²) in [6.45, 7) is 3.98. The fourth-order valence-corrected chi connectivity index (χ4v) is 2.94. The Balaban J connectivity index is 1.73. The smallest absolute Gasteiger partial charge is 0.225 e. The summed E-state index contributed by atoms with van der Waals surface area (Å²) in [5.74, 6) is 0.541. The van der Waals surface area contributed by atoms with Gasteiger partial charge in [-0.05, 0) is 44.7 Å². The van der Waals surface area contributed by atoms with Gasteiger partial charge in [0.2, 0.25) is 5.91 Å². The summed E-state index contributed by atoms with van der Waals surface area (Å²) in [4.78, 5) is 14.3. The van der Waals surface area contributed by atoms with Crippen LogP contribution in [-0.2, 0) is 11.2 Å². The normalized spacial score (nSPS) is 22.5. The van der Waals surface area contributed by atoms with Crippen LogP contribution in [0.5, 0.6) is 0 Å². The summed E-state index contributed by atoms with van der Waals surface area (Å²) in [5, 5.41) is 3.40. The third kappa shape index (κ3) is 4.34. The zero-order valence-electron chi connectivity index (χ0n) is 12.6. The summed E-state index contributed by atoms with van der Waals surface area (Å²) in [6, 6.07) is 10.9. The van der Waals surface area contributed by atoms with Gasteiger partial charge in [-0.25, -0.2) is 0 Å². The molecule has 1 N–H and O–H groups in total. The average molecular weight is 274 g/mol. The summed E-state index contributed by atoms with van der Waals surface area (Å²) < 4.78 is 0. The van der Waals surface area contributed by atoms with Gasteiger partial charge in [-0.1, -0.05) is 30.3 Å². The molecule has 1 aromatic carbocycles. The molecule has 1 aliphatic heterocycles. The highest BCUT2D eigenvalue weighted by molar-refractivity contribution is 5.78. The van der Waals surface area contributed by atoms with Crippen molar-refractivity contribution in [2.24, 2.45) is 5.92 Å². The Kier molecular flexibility index (Phi) is 5.60. The molecule has 0 saturated carbocycles. The van der Waals surface area contributed by atoms with Gasteiger partial charge in [0.25, 0.3) is 0 Å². The third-order valence-corrected chi connectivity index (χ3v) is 4.15. The van der Waals surface area contributed by atoms with Crippen LogP contribution >= 0.6 is 0 Å². The minimum absolute atomic E-state index is 0.216. The topological polar surface area (TPSA) is 32.3 Å². The zero-order valence-corrected chi connectivity index (χ0v) is 12.6. The molecule has 2 atom stereocenters. The number of aryl methyl sites for hydroxylation is 1. The molecular formula is C17H26N2O. The number of hydrogen-bond donors (Lipinski definition) is 1. The second-order valence-corrected chi connectivity index (χ2v) is 5.93. The van der Waals surface area contributed by atoms with Crippen LogP contribution in [0, 0.1) is 5.92 Å². The first-order valence-electron chi connectivity index (χ1n) is 7.69. The first-order chi connectivity index (χ1) is 9.66. The predicted molar refractivity (Wildman–Crippen MR) is 82.6 cm³/mol. The van der Waals surface area contributed by atoms with Crippen LogP contribution in [0.15, 0.2) is 30.3 Å². The predicted octanol–water partition coefficient (Wildman–Crippen LogP) is 2.47. The number of amides is 1. The number of nitrogens with one attached hydrogen (secondary N) is 1. The van der Waals surface area contributed by atoms with Gasteiger partial charge in [0.05, 0.1) is 0 Å². The van der Waals surface area contributed by atoms with E-state index in [9.17, 15) is 4.79 Å². The van der Waals surface area contributed by atoms with Crippen molar-refractivity contribution in [3.8, 4) is 0 Å². The van der Waals surface area contributed by atoms with Crippen molar-refractivity contribution in [2.45, 2.75) is 38.6 Å². The Morgan fingerprint density at radius 3 is 2.80 bits per heavy atom. The van der Waals surface area contributed by atoms with Crippen LogP contribution in [-0.4, -0.2) is 37.0 Å². The molecule has 0 bridgehead atoms. The summed E-state index contributed by atoms with van der Waals surface area (Å²) in [6.07, 6.45) is 4.03. The monoisotopic (exact) mass is 274 g/mol. The molecule has 2 rings (SSSR count). The molecule has 1 amide bonds. The van der Waals surface area contributed by atoms with Crippen molar-refractivity contribution in [2.75, 3.05) is 20.1 Å². The first-order valence-corrected chi connectivity index (χ1v) is 7.69. The van der Waals surface area contributed by atoms with Gasteiger partial charge in [-0.3, -0.25) is 4.79 Å². The average Bonchev–Trinajstić information content (AvgIpc) is 2.47. The van der Waals surface area contributed by atoms with Crippen LogP contribution in [0.25, 0.3) is 0 Å². The van der Waals surface area contributed by atoms with Gasteiger partial charge in [0, 0.05) is 25.6 Å². The van der Waals surface area contributed by atoms with E-state index < -0.39 is 0 Å². The van der Waals surface area contributed by atoms with E-state index in [1.54, 1.807) is 0 Å². The fraction of sp³-hybridized carbons (Fsp3) is 0.588. The van der Waals surface area contributed by atoms with Gasteiger partial charge < -0.3 is 10.2 Å². The molecule has 110 valence electrons. The van der Waals surface area contributed by atoms with E-state index >= 15 is 0 Å².